The topological polar surface area (TPSA) is 34.6 Å². The standard InChI is InChI=1S/C10H21N4/c1-7(2)10-11-13(8(3)4)14(12-10)9(5)6/h7-9H,1-6H3/q+1. The van der Waals surface area contributed by atoms with Crippen molar-refractivity contribution in [3.05, 3.63) is 5.82 Å². The summed E-state index contributed by atoms with van der Waals surface area (Å²) in [5.41, 5.74) is 0. The van der Waals surface area contributed by atoms with Gasteiger partial charge >= 0.3 is 5.82 Å². The zero-order chi connectivity index (χ0) is 10.9. The maximum absolute atomic E-state index is 4.50. The first-order valence-corrected chi connectivity index (χ1v) is 5.32. The van der Waals surface area contributed by atoms with Gasteiger partial charge in [-0.15, -0.1) is 0 Å². The Balaban J connectivity index is 3.12. The minimum atomic E-state index is 0.359. The normalized spacial score (nSPS) is 12.1. The van der Waals surface area contributed by atoms with Crippen LogP contribution in [0.5, 0.6) is 0 Å². The molecule has 0 N–H and O–H groups in total. The molecule has 4 heteroatoms. The maximum Gasteiger partial charge on any atom is 0.311 e. The first-order valence-electron chi connectivity index (χ1n) is 5.32. The van der Waals surface area contributed by atoms with Crippen LogP contribution in [-0.4, -0.2) is 15.0 Å². The highest BCUT2D eigenvalue weighted by molar-refractivity contribution is 4.83. The van der Waals surface area contributed by atoms with Crippen LogP contribution in [0.3, 0.4) is 0 Å². The van der Waals surface area contributed by atoms with E-state index in [9.17, 15) is 0 Å². The molecule has 0 aromatic carbocycles. The van der Waals surface area contributed by atoms with Crippen molar-refractivity contribution in [3.8, 4) is 0 Å². The lowest BCUT2D eigenvalue weighted by atomic mass is 10.2. The second-order valence-corrected chi connectivity index (χ2v) is 4.54. The van der Waals surface area contributed by atoms with Crippen molar-refractivity contribution in [1.82, 2.24) is 15.0 Å². The average Bonchev–Trinajstić information content (AvgIpc) is 2.47. The Morgan fingerprint density at radius 2 is 1.64 bits per heavy atom. The van der Waals surface area contributed by atoms with E-state index in [0.29, 0.717) is 18.0 Å². The molecule has 0 saturated heterocycles. The molecule has 0 amide bonds. The predicted octanol–water partition coefficient (Wildman–Crippen LogP) is 1.85. The third-order valence-electron chi connectivity index (χ3n) is 2.06. The molecule has 1 heterocycles. The fourth-order valence-electron chi connectivity index (χ4n) is 1.26. The molecule has 0 saturated carbocycles. The molecular formula is C10H21N4+. The molecule has 80 valence electrons. The third kappa shape index (κ3) is 2.11. The van der Waals surface area contributed by atoms with Crippen LogP contribution < -0.4 is 4.80 Å². The van der Waals surface area contributed by atoms with Gasteiger partial charge in [0.1, 0.15) is 12.1 Å². The molecule has 1 aromatic heterocycles. The number of aromatic nitrogens is 4. The SMILES string of the molecule is CC(C)c1nn(C(C)C)[n+](C(C)C)n1. The zero-order valence-electron chi connectivity index (χ0n) is 10.0. The van der Waals surface area contributed by atoms with Crippen LogP contribution in [0.4, 0.5) is 0 Å². The summed E-state index contributed by atoms with van der Waals surface area (Å²) in [6.45, 7) is 12.7. The van der Waals surface area contributed by atoms with Gasteiger partial charge in [-0.1, -0.05) is 18.6 Å². The van der Waals surface area contributed by atoms with E-state index in [1.807, 2.05) is 9.59 Å². The van der Waals surface area contributed by atoms with Crippen molar-refractivity contribution in [1.29, 1.82) is 0 Å². The third-order valence-corrected chi connectivity index (χ3v) is 2.06. The molecule has 0 aliphatic rings. The Morgan fingerprint density at radius 1 is 1.07 bits per heavy atom. The molecule has 0 radical (unpaired) electrons. The van der Waals surface area contributed by atoms with E-state index in [-0.39, 0.29) is 0 Å². The van der Waals surface area contributed by atoms with Gasteiger partial charge in [-0.2, -0.15) is 0 Å². The van der Waals surface area contributed by atoms with Gasteiger partial charge in [0.2, 0.25) is 0 Å². The van der Waals surface area contributed by atoms with Crippen molar-refractivity contribution in [3.63, 3.8) is 0 Å². The Hall–Kier alpha value is -0.930. The summed E-state index contributed by atoms with van der Waals surface area (Å²) in [5, 5.41) is 9.00. The van der Waals surface area contributed by atoms with Gasteiger partial charge in [-0.05, 0) is 37.6 Å². The van der Waals surface area contributed by atoms with Crippen molar-refractivity contribution < 1.29 is 4.80 Å². The summed E-state index contributed by atoms with van der Waals surface area (Å²) in [7, 11) is 0. The fraction of sp³-hybridized carbons (Fsp3) is 0.900. The van der Waals surface area contributed by atoms with Crippen LogP contribution in [0.15, 0.2) is 0 Å². The van der Waals surface area contributed by atoms with Gasteiger partial charge in [0.15, 0.2) is 0 Å². The van der Waals surface area contributed by atoms with E-state index in [2.05, 4.69) is 51.7 Å². The lowest BCUT2D eigenvalue weighted by Crippen LogP contribution is -2.49. The number of tetrazole rings is 1. The van der Waals surface area contributed by atoms with E-state index in [0.717, 1.165) is 5.82 Å². The second kappa shape index (κ2) is 4.07. The van der Waals surface area contributed by atoms with Crippen LogP contribution in [0.2, 0.25) is 0 Å². The van der Waals surface area contributed by atoms with Gasteiger partial charge in [0, 0.05) is 5.92 Å². The molecule has 0 atom stereocenters. The van der Waals surface area contributed by atoms with Crippen LogP contribution >= 0.6 is 0 Å². The van der Waals surface area contributed by atoms with Gasteiger partial charge < -0.3 is 0 Å². The van der Waals surface area contributed by atoms with Crippen molar-refractivity contribution >= 4 is 0 Å². The Bertz CT molecular complexity index is 274. The van der Waals surface area contributed by atoms with Gasteiger partial charge in [-0.3, -0.25) is 0 Å². The molecular weight excluding hydrogens is 176 g/mol. The highest BCUT2D eigenvalue weighted by Crippen LogP contribution is 2.08. The van der Waals surface area contributed by atoms with Crippen molar-refractivity contribution in [2.45, 2.75) is 59.5 Å². The largest absolute Gasteiger partial charge is 0.311 e. The lowest BCUT2D eigenvalue weighted by Gasteiger charge is -2.04. The quantitative estimate of drug-likeness (QED) is 0.693. The first-order chi connectivity index (χ1) is 6.43. The zero-order valence-corrected chi connectivity index (χ0v) is 10.0. The Labute approximate surface area is 85.9 Å². The van der Waals surface area contributed by atoms with E-state index < -0.39 is 0 Å². The number of rotatable bonds is 3. The predicted molar refractivity (Wildman–Crippen MR) is 55.1 cm³/mol. The summed E-state index contributed by atoms with van der Waals surface area (Å²) in [6.07, 6.45) is 0. The van der Waals surface area contributed by atoms with E-state index in [4.69, 9.17) is 0 Å². The van der Waals surface area contributed by atoms with E-state index in [1.165, 1.54) is 0 Å². The number of hydrogen-bond donors (Lipinski definition) is 0. The van der Waals surface area contributed by atoms with Crippen LogP contribution in [-0.2, 0) is 0 Å². The molecule has 0 spiro atoms. The van der Waals surface area contributed by atoms with Crippen LogP contribution in [0, 0.1) is 0 Å². The van der Waals surface area contributed by atoms with Gasteiger partial charge in [0.05, 0.1) is 5.10 Å². The van der Waals surface area contributed by atoms with Crippen molar-refractivity contribution in [2.75, 3.05) is 0 Å². The molecule has 4 nitrogen and oxygen atoms in total. The summed E-state index contributed by atoms with van der Waals surface area (Å²) in [6, 6.07) is 0.717. The minimum Gasteiger partial charge on any atom is -0.0568 e. The summed E-state index contributed by atoms with van der Waals surface area (Å²) in [4.78, 5) is 3.92. The molecule has 0 aliphatic heterocycles. The first kappa shape index (κ1) is 11.1. The number of hydrogen-bond acceptors (Lipinski definition) is 2. The van der Waals surface area contributed by atoms with E-state index >= 15 is 0 Å². The monoisotopic (exact) mass is 197 g/mol. The molecule has 14 heavy (non-hydrogen) atoms. The molecule has 0 bridgehead atoms. The Morgan fingerprint density at radius 3 is 1.93 bits per heavy atom. The summed E-state index contributed by atoms with van der Waals surface area (Å²) in [5.74, 6) is 1.31. The number of nitrogens with zero attached hydrogens (tertiary/aromatic N) is 4. The lowest BCUT2D eigenvalue weighted by molar-refractivity contribution is -0.846. The van der Waals surface area contributed by atoms with Gasteiger partial charge in [-0.25, -0.2) is 0 Å². The van der Waals surface area contributed by atoms with Gasteiger partial charge in [0.25, 0.3) is 0 Å². The van der Waals surface area contributed by atoms with Crippen LogP contribution in [0.1, 0.15) is 65.4 Å². The maximum atomic E-state index is 4.50. The molecule has 0 aliphatic carbocycles. The summed E-state index contributed by atoms with van der Waals surface area (Å²) < 4.78 is 0. The minimum absolute atomic E-state index is 0.359. The summed E-state index contributed by atoms with van der Waals surface area (Å²) >= 11 is 0. The highest BCUT2D eigenvalue weighted by Gasteiger charge is 2.24. The van der Waals surface area contributed by atoms with Crippen molar-refractivity contribution in [2.24, 2.45) is 0 Å². The smallest absolute Gasteiger partial charge is 0.0568 e. The molecule has 1 aromatic rings. The fourth-order valence-corrected chi connectivity index (χ4v) is 1.26. The Kier molecular flexibility index (Phi) is 3.24. The van der Waals surface area contributed by atoms with Crippen LogP contribution in [0.25, 0.3) is 0 Å². The highest BCUT2D eigenvalue weighted by atomic mass is 15.7. The molecule has 0 fully saturated rings. The average molecular weight is 197 g/mol. The van der Waals surface area contributed by atoms with E-state index in [1.54, 1.807) is 0 Å². The molecule has 0 unspecified atom stereocenters. The molecule has 1 rings (SSSR count). The second-order valence-electron chi connectivity index (χ2n) is 4.54.